The predicted octanol–water partition coefficient (Wildman–Crippen LogP) is 0.827. The van der Waals surface area contributed by atoms with Crippen LogP contribution in [0.2, 0.25) is 0 Å². The van der Waals surface area contributed by atoms with Crippen LogP contribution in [-0.4, -0.2) is 42.2 Å². The summed E-state index contributed by atoms with van der Waals surface area (Å²) >= 11 is 0. The van der Waals surface area contributed by atoms with E-state index < -0.39 is 10.0 Å². The molecule has 2 rings (SSSR count). The van der Waals surface area contributed by atoms with Gasteiger partial charge >= 0.3 is 0 Å². The largest absolute Gasteiger partial charge is 0.395 e. The van der Waals surface area contributed by atoms with Gasteiger partial charge in [-0.25, -0.2) is 8.42 Å². The molecule has 0 aliphatic heterocycles. The van der Waals surface area contributed by atoms with Gasteiger partial charge in [0.1, 0.15) is 10.6 Å². The zero-order chi connectivity index (χ0) is 13.3. The highest BCUT2D eigenvalue weighted by molar-refractivity contribution is 7.89. The van der Waals surface area contributed by atoms with Gasteiger partial charge in [0.25, 0.3) is 0 Å². The Labute approximate surface area is 107 Å². The lowest BCUT2D eigenvalue weighted by Gasteiger charge is -2.36. The molecule has 7 heteroatoms. The van der Waals surface area contributed by atoms with Gasteiger partial charge < -0.3 is 9.63 Å². The third kappa shape index (κ3) is 2.17. The summed E-state index contributed by atoms with van der Waals surface area (Å²) in [5.41, 5.74) is 0.370. The molecule has 1 aromatic heterocycles. The number of sulfonamides is 1. The fraction of sp³-hybridized carbons (Fsp3) is 0.727. The Bertz CT molecular complexity index is 500. The fourth-order valence-corrected chi connectivity index (χ4v) is 4.20. The highest BCUT2D eigenvalue weighted by Crippen LogP contribution is 2.31. The van der Waals surface area contributed by atoms with Crippen molar-refractivity contribution in [2.45, 2.75) is 44.0 Å². The van der Waals surface area contributed by atoms with Crippen molar-refractivity contribution in [2.75, 3.05) is 13.2 Å². The first kappa shape index (κ1) is 13.5. The van der Waals surface area contributed by atoms with Crippen molar-refractivity contribution >= 4 is 10.0 Å². The maximum absolute atomic E-state index is 12.6. The Hall–Kier alpha value is -0.920. The normalized spacial score (nSPS) is 17.1. The summed E-state index contributed by atoms with van der Waals surface area (Å²) in [7, 11) is -3.62. The molecule has 1 saturated carbocycles. The first-order valence-corrected chi connectivity index (χ1v) is 7.48. The molecule has 0 atom stereocenters. The van der Waals surface area contributed by atoms with E-state index in [1.807, 2.05) is 0 Å². The van der Waals surface area contributed by atoms with E-state index in [0.29, 0.717) is 11.5 Å². The van der Waals surface area contributed by atoms with E-state index in [4.69, 9.17) is 9.63 Å². The molecule has 1 N–H and O–H groups in total. The van der Waals surface area contributed by atoms with Crippen LogP contribution in [0.5, 0.6) is 0 Å². The van der Waals surface area contributed by atoms with E-state index in [2.05, 4.69) is 5.16 Å². The number of aromatic nitrogens is 1. The second-order valence-electron chi connectivity index (χ2n) is 4.58. The van der Waals surface area contributed by atoms with Gasteiger partial charge in [0.15, 0.2) is 5.76 Å². The van der Waals surface area contributed by atoms with Crippen molar-refractivity contribution in [2.24, 2.45) is 0 Å². The fourth-order valence-electron chi connectivity index (χ4n) is 2.23. The first-order valence-electron chi connectivity index (χ1n) is 6.04. The summed E-state index contributed by atoms with van der Waals surface area (Å²) in [4.78, 5) is 0.142. The van der Waals surface area contributed by atoms with Crippen LogP contribution in [0.25, 0.3) is 0 Å². The maximum Gasteiger partial charge on any atom is 0.248 e. The van der Waals surface area contributed by atoms with Crippen LogP contribution in [0.15, 0.2) is 9.42 Å². The van der Waals surface area contributed by atoms with Gasteiger partial charge in [0.05, 0.1) is 6.61 Å². The summed E-state index contributed by atoms with van der Waals surface area (Å²) in [6.07, 6.45) is 2.73. The van der Waals surface area contributed by atoms with Gasteiger partial charge in [-0.2, -0.15) is 4.31 Å². The minimum atomic E-state index is -3.62. The summed E-state index contributed by atoms with van der Waals surface area (Å²) in [5.74, 6) is 0.301. The topological polar surface area (TPSA) is 83.6 Å². The molecule has 0 radical (unpaired) electrons. The molecule has 18 heavy (non-hydrogen) atoms. The van der Waals surface area contributed by atoms with Crippen molar-refractivity contribution in [3.63, 3.8) is 0 Å². The molecule has 0 saturated heterocycles. The Morgan fingerprint density at radius 2 is 2.11 bits per heavy atom. The third-order valence-electron chi connectivity index (χ3n) is 3.34. The van der Waals surface area contributed by atoms with Crippen LogP contribution < -0.4 is 0 Å². The van der Waals surface area contributed by atoms with Crippen LogP contribution in [0.3, 0.4) is 0 Å². The molecule has 0 unspecified atom stereocenters. The summed E-state index contributed by atoms with van der Waals surface area (Å²) in [6, 6.07) is -0.00384. The predicted molar refractivity (Wildman–Crippen MR) is 64.6 cm³/mol. The minimum Gasteiger partial charge on any atom is -0.395 e. The number of hydrogen-bond acceptors (Lipinski definition) is 5. The summed E-state index contributed by atoms with van der Waals surface area (Å²) in [6.45, 7) is 3.14. The van der Waals surface area contributed by atoms with E-state index in [1.54, 1.807) is 13.8 Å². The van der Waals surface area contributed by atoms with E-state index in [0.717, 1.165) is 19.3 Å². The molecule has 1 aliphatic rings. The molecule has 0 spiro atoms. The molecule has 1 heterocycles. The molecule has 0 aromatic carbocycles. The van der Waals surface area contributed by atoms with Crippen molar-refractivity contribution in [3.8, 4) is 0 Å². The van der Waals surface area contributed by atoms with Crippen LogP contribution in [-0.2, 0) is 10.0 Å². The lowest BCUT2D eigenvalue weighted by molar-refractivity contribution is 0.178. The minimum absolute atomic E-state index is 0.00384. The van der Waals surface area contributed by atoms with Gasteiger partial charge in [0, 0.05) is 12.6 Å². The van der Waals surface area contributed by atoms with E-state index in [9.17, 15) is 8.42 Å². The van der Waals surface area contributed by atoms with Crippen molar-refractivity contribution in [1.29, 1.82) is 0 Å². The molecule has 0 bridgehead atoms. The van der Waals surface area contributed by atoms with Crippen LogP contribution in [0.4, 0.5) is 0 Å². The summed E-state index contributed by atoms with van der Waals surface area (Å²) < 4.78 is 31.4. The second kappa shape index (κ2) is 4.99. The van der Waals surface area contributed by atoms with Crippen molar-refractivity contribution < 1.29 is 18.0 Å². The second-order valence-corrected chi connectivity index (χ2v) is 6.40. The standard InChI is InChI=1S/C11H18N2O4S/c1-8-11(9(2)17-12-8)18(15,16)13(6-7-14)10-4-3-5-10/h10,14H,3-7H2,1-2H3. The Morgan fingerprint density at radius 1 is 1.44 bits per heavy atom. The lowest BCUT2D eigenvalue weighted by Crippen LogP contribution is -2.45. The quantitative estimate of drug-likeness (QED) is 0.859. The van der Waals surface area contributed by atoms with Gasteiger partial charge in [-0.3, -0.25) is 0 Å². The van der Waals surface area contributed by atoms with E-state index >= 15 is 0 Å². The molecule has 102 valence electrons. The monoisotopic (exact) mass is 274 g/mol. The lowest BCUT2D eigenvalue weighted by atomic mass is 9.93. The highest BCUT2D eigenvalue weighted by Gasteiger charge is 2.37. The third-order valence-corrected chi connectivity index (χ3v) is 5.53. The molecular formula is C11H18N2O4S. The Morgan fingerprint density at radius 3 is 2.50 bits per heavy atom. The molecule has 1 aromatic rings. The number of aryl methyl sites for hydroxylation is 2. The van der Waals surface area contributed by atoms with Gasteiger partial charge in [-0.05, 0) is 26.7 Å². The van der Waals surface area contributed by atoms with Crippen molar-refractivity contribution in [1.82, 2.24) is 9.46 Å². The van der Waals surface area contributed by atoms with Crippen molar-refractivity contribution in [3.05, 3.63) is 11.5 Å². The number of aliphatic hydroxyl groups is 1. The SMILES string of the molecule is Cc1noc(C)c1S(=O)(=O)N(CCO)C1CCC1. The Kier molecular flexibility index (Phi) is 3.74. The molecule has 6 nitrogen and oxygen atoms in total. The maximum atomic E-state index is 12.6. The average Bonchev–Trinajstić information content (AvgIpc) is 2.55. The molecule has 1 fully saturated rings. The zero-order valence-electron chi connectivity index (χ0n) is 10.6. The van der Waals surface area contributed by atoms with E-state index in [-0.39, 0.29) is 24.1 Å². The van der Waals surface area contributed by atoms with Gasteiger partial charge in [0.2, 0.25) is 10.0 Å². The number of nitrogens with zero attached hydrogens (tertiary/aromatic N) is 2. The smallest absolute Gasteiger partial charge is 0.248 e. The molecular weight excluding hydrogens is 256 g/mol. The number of hydrogen-bond donors (Lipinski definition) is 1. The number of aliphatic hydroxyl groups excluding tert-OH is 1. The van der Waals surface area contributed by atoms with Crippen LogP contribution in [0, 0.1) is 13.8 Å². The van der Waals surface area contributed by atoms with Crippen LogP contribution in [0.1, 0.15) is 30.7 Å². The van der Waals surface area contributed by atoms with Gasteiger partial charge in [-0.15, -0.1) is 0 Å². The van der Waals surface area contributed by atoms with E-state index in [1.165, 1.54) is 4.31 Å². The Balaban J connectivity index is 2.38. The average molecular weight is 274 g/mol. The van der Waals surface area contributed by atoms with Crippen LogP contribution >= 0.6 is 0 Å². The zero-order valence-corrected chi connectivity index (χ0v) is 11.4. The molecule has 1 aliphatic carbocycles. The molecule has 0 amide bonds. The van der Waals surface area contributed by atoms with Gasteiger partial charge in [-0.1, -0.05) is 11.6 Å². The first-order chi connectivity index (χ1) is 8.48. The number of rotatable bonds is 5. The summed E-state index contributed by atoms with van der Waals surface area (Å²) in [5, 5.41) is 12.7. The highest BCUT2D eigenvalue weighted by atomic mass is 32.2.